The van der Waals surface area contributed by atoms with E-state index < -0.39 is 47.2 Å². The molecule has 0 radical (unpaired) electrons. The highest BCUT2D eigenvalue weighted by Gasteiger charge is 2.56. The molecule has 6 nitrogen and oxygen atoms in total. The molecular formula is C14H20F3N3O3. The molecule has 2 atom stereocenters. The van der Waals surface area contributed by atoms with E-state index in [0.717, 1.165) is 23.9 Å². The van der Waals surface area contributed by atoms with Crippen LogP contribution in [0.4, 0.5) is 13.2 Å². The van der Waals surface area contributed by atoms with Crippen molar-refractivity contribution >= 4 is 0 Å². The van der Waals surface area contributed by atoms with Gasteiger partial charge in [0, 0.05) is 13.0 Å². The average molecular weight is 335 g/mol. The Morgan fingerprint density at radius 1 is 1.13 bits per heavy atom. The monoisotopic (exact) mass is 335 g/mol. The first-order chi connectivity index (χ1) is 10.7. The van der Waals surface area contributed by atoms with Crippen LogP contribution in [0.3, 0.4) is 0 Å². The quantitative estimate of drug-likeness (QED) is 0.731. The maximum absolute atomic E-state index is 13.1. The van der Waals surface area contributed by atoms with Gasteiger partial charge in [0.05, 0.1) is 23.8 Å². The minimum atomic E-state index is -4.74. The largest absolute Gasteiger partial charge is 0.433 e. The number of halogens is 3. The Labute approximate surface area is 130 Å². The summed E-state index contributed by atoms with van der Waals surface area (Å²) in [6.07, 6.45) is -4.19. The van der Waals surface area contributed by atoms with Gasteiger partial charge >= 0.3 is 6.18 Å². The van der Waals surface area contributed by atoms with Crippen LogP contribution in [0.1, 0.15) is 36.4 Å². The second-order valence-corrected chi connectivity index (χ2v) is 6.36. The van der Waals surface area contributed by atoms with Gasteiger partial charge in [-0.1, -0.05) is 6.42 Å². The fourth-order valence-corrected chi connectivity index (χ4v) is 3.77. The van der Waals surface area contributed by atoms with E-state index in [-0.39, 0.29) is 0 Å². The number of aliphatic hydroxyl groups excluding tert-OH is 2. The van der Waals surface area contributed by atoms with E-state index in [0.29, 0.717) is 13.1 Å². The summed E-state index contributed by atoms with van der Waals surface area (Å²) in [5.41, 5.74) is -2.63. The lowest BCUT2D eigenvalue weighted by molar-refractivity contribution is -0.153. The van der Waals surface area contributed by atoms with Crippen LogP contribution in [-0.4, -0.2) is 56.2 Å². The van der Waals surface area contributed by atoms with Gasteiger partial charge in [-0.2, -0.15) is 13.2 Å². The average Bonchev–Trinajstić information content (AvgIpc) is 2.77. The van der Waals surface area contributed by atoms with Crippen LogP contribution in [0, 0.1) is 0 Å². The molecule has 23 heavy (non-hydrogen) atoms. The SMILES string of the molecule is Cn1[nH]c(C(F)(F)F)c(C2C(O)C(N3CCCCC3)C2O)c1=O. The molecule has 1 aromatic heterocycles. The fraction of sp³-hybridized carbons (Fsp3) is 0.786. The number of aryl methyl sites for hydroxylation is 1. The van der Waals surface area contributed by atoms with Crippen LogP contribution < -0.4 is 5.56 Å². The molecule has 2 fully saturated rings. The molecule has 0 spiro atoms. The molecule has 1 saturated carbocycles. The van der Waals surface area contributed by atoms with Crippen molar-refractivity contribution in [3.63, 3.8) is 0 Å². The van der Waals surface area contributed by atoms with Crippen molar-refractivity contribution in [1.29, 1.82) is 0 Å². The summed E-state index contributed by atoms with van der Waals surface area (Å²) in [6, 6.07) is -0.610. The molecule has 2 unspecified atom stereocenters. The van der Waals surface area contributed by atoms with Gasteiger partial charge in [-0.15, -0.1) is 0 Å². The van der Waals surface area contributed by atoms with Gasteiger partial charge in [0.25, 0.3) is 5.56 Å². The number of piperidine rings is 1. The number of aliphatic hydroxyl groups is 2. The first-order valence-electron chi connectivity index (χ1n) is 7.69. The summed E-state index contributed by atoms with van der Waals surface area (Å²) in [6.45, 7) is 1.39. The van der Waals surface area contributed by atoms with Crippen molar-refractivity contribution in [1.82, 2.24) is 14.7 Å². The number of hydrogen-bond acceptors (Lipinski definition) is 4. The van der Waals surface area contributed by atoms with Crippen molar-refractivity contribution in [3.05, 3.63) is 21.6 Å². The van der Waals surface area contributed by atoms with Gasteiger partial charge in [-0.3, -0.25) is 19.5 Å². The Morgan fingerprint density at radius 2 is 1.70 bits per heavy atom. The van der Waals surface area contributed by atoms with Crippen molar-refractivity contribution in [2.75, 3.05) is 13.1 Å². The number of nitrogens with zero attached hydrogens (tertiary/aromatic N) is 2. The Morgan fingerprint density at radius 3 is 2.22 bits per heavy atom. The number of rotatable bonds is 2. The van der Waals surface area contributed by atoms with E-state index in [1.54, 1.807) is 0 Å². The minimum absolute atomic E-state index is 0.576. The van der Waals surface area contributed by atoms with Crippen LogP contribution in [0.25, 0.3) is 0 Å². The van der Waals surface area contributed by atoms with Gasteiger partial charge in [-0.05, 0) is 25.9 Å². The smallest absolute Gasteiger partial charge is 0.391 e. The highest BCUT2D eigenvalue weighted by molar-refractivity contribution is 5.32. The molecule has 1 aliphatic heterocycles. The molecule has 1 saturated heterocycles. The van der Waals surface area contributed by atoms with Crippen LogP contribution >= 0.6 is 0 Å². The maximum atomic E-state index is 13.1. The zero-order valence-corrected chi connectivity index (χ0v) is 12.7. The summed E-state index contributed by atoms with van der Waals surface area (Å²) >= 11 is 0. The lowest BCUT2D eigenvalue weighted by atomic mass is 9.69. The Hall–Kier alpha value is -1.32. The van der Waals surface area contributed by atoms with Crippen molar-refractivity contribution < 1.29 is 23.4 Å². The molecule has 1 aliphatic carbocycles. The van der Waals surface area contributed by atoms with E-state index in [1.807, 2.05) is 10.00 Å². The summed E-state index contributed by atoms with van der Waals surface area (Å²) < 4.78 is 40.1. The van der Waals surface area contributed by atoms with E-state index in [1.165, 1.54) is 7.05 Å². The predicted molar refractivity (Wildman–Crippen MR) is 75.0 cm³/mol. The second-order valence-electron chi connectivity index (χ2n) is 6.36. The second kappa shape index (κ2) is 5.64. The van der Waals surface area contributed by atoms with Gasteiger partial charge in [0.15, 0.2) is 0 Å². The molecule has 0 amide bonds. The molecule has 9 heteroatoms. The van der Waals surface area contributed by atoms with Gasteiger partial charge < -0.3 is 10.2 Å². The number of hydrogen-bond donors (Lipinski definition) is 3. The maximum Gasteiger partial charge on any atom is 0.433 e. The van der Waals surface area contributed by atoms with Crippen LogP contribution in [0.15, 0.2) is 4.79 Å². The predicted octanol–water partition coefficient (Wildman–Crippen LogP) is 0.406. The molecular weight excluding hydrogens is 315 g/mol. The van der Waals surface area contributed by atoms with Gasteiger partial charge in [-0.25, -0.2) is 0 Å². The van der Waals surface area contributed by atoms with Crippen molar-refractivity contribution in [3.8, 4) is 0 Å². The van der Waals surface area contributed by atoms with Crippen LogP contribution in [-0.2, 0) is 13.2 Å². The Balaban J connectivity index is 1.91. The number of H-pyrrole nitrogens is 1. The van der Waals surface area contributed by atoms with E-state index >= 15 is 0 Å². The molecule has 2 heterocycles. The third kappa shape index (κ3) is 2.60. The summed E-state index contributed by atoms with van der Waals surface area (Å²) in [4.78, 5) is 13.9. The molecule has 3 N–H and O–H groups in total. The van der Waals surface area contributed by atoms with Crippen LogP contribution in [0.2, 0.25) is 0 Å². The van der Waals surface area contributed by atoms with E-state index in [2.05, 4.69) is 0 Å². The zero-order chi connectivity index (χ0) is 16.9. The molecule has 3 rings (SSSR count). The lowest BCUT2D eigenvalue weighted by Crippen LogP contribution is -2.67. The summed E-state index contributed by atoms with van der Waals surface area (Å²) in [5.74, 6) is -1.22. The number of alkyl halides is 3. The third-order valence-electron chi connectivity index (χ3n) is 4.95. The molecule has 0 aromatic carbocycles. The standard InChI is InChI=1S/C14H20F3N3O3/c1-19-13(23)8(12(18-19)14(15,16)17)7-10(21)9(11(7)22)20-5-3-2-4-6-20/h7,9-11,18,21-22H,2-6H2,1H3. The summed E-state index contributed by atoms with van der Waals surface area (Å²) in [7, 11) is 1.18. The molecule has 1 aromatic rings. The normalized spacial score (nSPS) is 32.8. The fourth-order valence-electron chi connectivity index (χ4n) is 3.77. The first-order valence-corrected chi connectivity index (χ1v) is 7.69. The highest BCUT2D eigenvalue weighted by atomic mass is 19.4. The van der Waals surface area contributed by atoms with Crippen molar-refractivity contribution in [2.24, 2.45) is 7.05 Å². The van der Waals surface area contributed by atoms with E-state index in [9.17, 15) is 28.2 Å². The Bertz CT molecular complexity index is 623. The lowest BCUT2D eigenvalue weighted by Gasteiger charge is -2.52. The number of aromatic nitrogens is 2. The first kappa shape index (κ1) is 16.5. The van der Waals surface area contributed by atoms with E-state index in [4.69, 9.17) is 0 Å². The number of aromatic amines is 1. The Kier molecular flexibility index (Phi) is 4.06. The molecule has 130 valence electrons. The number of nitrogens with one attached hydrogen (secondary N) is 1. The van der Waals surface area contributed by atoms with Crippen LogP contribution in [0.5, 0.6) is 0 Å². The van der Waals surface area contributed by atoms with Gasteiger partial charge in [0.2, 0.25) is 0 Å². The van der Waals surface area contributed by atoms with Crippen molar-refractivity contribution in [2.45, 2.75) is 49.6 Å². The summed E-state index contributed by atoms with van der Waals surface area (Å²) in [5, 5.41) is 22.7. The molecule has 0 bridgehead atoms. The third-order valence-corrected chi connectivity index (χ3v) is 4.95. The zero-order valence-electron chi connectivity index (χ0n) is 12.7. The molecule has 2 aliphatic rings. The topological polar surface area (TPSA) is 81.5 Å². The number of likely N-dealkylation sites (tertiary alicyclic amines) is 1. The minimum Gasteiger partial charge on any atom is -0.391 e. The highest BCUT2D eigenvalue weighted by Crippen LogP contribution is 2.44. The van der Waals surface area contributed by atoms with Gasteiger partial charge in [0.1, 0.15) is 5.69 Å².